The Morgan fingerprint density at radius 3 is 2.93 bits per heavy atom. The maximum Gasteiger partial charge on any atom is 0.150 e. The smallest absolute Gasteiger partial charge is 0.150 e. The SMILES string of the molecule is COc1cc(C=O)ccc1-n1cccn1. The number of hydrogen-bond acceptors (Lipinski definition) is 3. The zero-order chi connectivity index (χ0) is 10.7. The lowest BCUT2D eigenvalue weighted by Crippen LogP contribution is -1.99. The van der Waals surface area contributed by atoms with Gasteiger partial charge in [-0.25, -0.2) is 4.68 Å². The summed E-state index contributed by atoms with van der Waals surface area (Å²) in [7, 11) is 1.57. The summed E-state index contributed by atoms with van der Waals surface area (Å²) >= 11 is 0. The summed E-state index contributed by atoms with van der Waals surface area (Å²) in [5.41, 5.74) is 1.40. The van der Waals surface area contributed by atoms with Gasteiger partial charge in [0.15, 0.2) is 0 Å². The van der Waals surface area contributed by atoms with Gasteiger partial charge in [0.05, 0.1) is 7.11 Å². The summed E-state index contributed by atoms with van der Waals surface area (Å²) in [6.07, 6.45) is 4.29. The third kappa shape index (κ3) is 1.74. The lowest BCUT2D eigenvalue weighted by Gasteiger charge is -2.08. The van der Waals surface area contributed by atoms with Gasteiger partial charge >= 0.3 is 0 Å². The van der Waals surface area contributed by atoms with Crippen LogP contribution in [0.3, 0.4) is 0 Å². The first kappa shape index (κ1) is 9.45. The van der Waals surface area contributed by atoms with Crippen LogP contribution in [-0.2, 0) is 0 Å². The van der Waals surface area contributed by atoms with E-state index in [0.29, 0.717) is 11.3 Å². The molecule has 76 valence electrons. The number of aromatic nitrogens is 2. The summed E-state index contributed by atoms with van der Waals surface area (Å²) in [4.78, 5) is 10.6. The zero-order valence-electron chi connectivity index (χ0n) is 8.25. The van der Waals surface area contributed by atoms with Gasteiger partial charge in [0.1, 0.15) is 17.7 Å². The van der Waals surface area contributed by atoms with Gasteiger partial charge in [0.2, 0.25) is 0 Å². The largest absolute Gasteiger partial charge is 0.494 e. The average molecular weight is 202 g/mol. The lowest BCUT2D eigenvalue weighted by atomic mass is 10.2. The fourth-order valence-corrected chi connectivity index (χ4v) is 1.37. The van der Waals surface area contributed by atoms with Crippen molar-refractivity contribution in [1.82, 2.24) is 9.78 Å². The number of rotatable bonds is 3. The zero-order valence-corrected chi connectivity index (χ0v) is 8.25. The Morgan fingerprint density at radius 1 is 1.47 bits per heavy atom. The fourth-order valence-electron chi connectivity index (χ4n) is 1.37. The fraction of sp³-hybridized carbons (Fsp3) is 0.0909. The molecule has 15 heavy (non-hydrogen) atoms. The highest BCUT2D eigenvalue weighted by Gasteiger charge is 2.05. The molecule has 0 radical (unpaired) electrons. The summed E-state index contributed by atoms with van der Waals surface area (Å²) < 4.78 is 6.88. The molecule has 0 spiro atoms. The molecule has 0 amide bonds. The molecule has 2 rings (SSSR count). The van der Waals surface area contributed by atoms with Gasteiger partial charge in [0.25, 0.3) is 0 Å². The Hall–Kier alpha value is -2.10. The molecule has 2 aromatic rings. The maximum atomic E-state index is 10.6. The lowest BCUT2D eigenvalue weighted by molar-refractivity contribution is 0.112. The second kappa shape index (κ2) is 3.96. The predicted molar refractivity (Wildman–Crippen MR) is 55.5 cm³/mol. The van der Waals surface area contributed by atoms with Crippen LogP contribution in [0.25, 0.3) is 5.69 Å². The van der Waals surface area contributed by atoms with E-state index < -0.39 is 0 Å². The number of carbonyl (C=O) groups excluding carboxylic acids is 1. The number of nitrogens with zero attached hydrogens (tertiary/aromatic N) is 2. The van der Waals surface area contributed by atoms with E-state index in [1.165, 1.54) is 0 Å². The Bertz CT molecular complexity index is 463. The van der Waals surface area contributed by atoms with Crippen molar-refractivity contribution in [3.05, 3.63) is 42.2 Å². The summed E-state index contributed by atoms with van der Waals surface area (Å²) in [6.45, 7) is 0. The van der Waals surface area contributed by atoms with Gasteiger partial charge in [0, 0.05) is 18.0 Å². The molecule has 0 bridgehead atoms. The van der Waals surface area contributed by atoms with E-state index in [9.17, 15) is 4.79 Å². The van der Waals surface area contributed by atoms with Crippen molar-refractivity contribution in [3.8, 4) is 11.4 Å². The molecule has 0 N–H and O–H groups in total. The molecule has 0 aliphatic carbocycles. The normalized spacial score (nSPS) is 9.93. The molecular weight excluding hydrogens is 192 g/mol. The van der Waals surface area contributed by atoms with Crippen molar-refractivity contribution in [1.29, 1.82) is 0 Å². The highest BCUT2D eigenvalue weighted by Crippen LogP contribution is 2.22. The van der Waals surface area contributed by atoms with Crippen LogP contribution in [-0.4, -0.2) is 23.2 Å². The molecule has 0 saturated carbocycles. The summed E-state index contributed by atoms with van der Waals surface area (Å²) in [5, 5.41) is 4.10. The van der Waals surface area contributed by atoms with Crippen LogP contribution in [0.15, 0.2) is 36.7 Å². The number of methoxy groups -OCH3 is 1. The molecule has 0 aliphatic heterocycles. The third-order valence-electron chi connectivity index (χ3n) is 2.09. The van der Waals surface area contributed by atoms with Crippen LogP contribution < -0.4 is 4.74 Å². The topological polar surface area (TPSA) is 44.1 Å². The molecule has 1 aromatic heterocycles. The molecule has 0 fully saturated rings. The maximum absolute atomic E-state index is 10.6. The molecule has 0 saturated heterocycles. The van der Waals surface area contributed by atoms with E-state index in [4.69, 9.17) is 4.74 Å². The van der Waals surface area contributed by atoms with E-state index in [-0.39, 0.29) is 0 Å². The first-order chi connectivity index (χ1) is 7.35. The summed E-state index contributed by atoms with van der Waals surface area (Å²) in [5.74, 6) is 0.628. The van der Waals surface area contributed by atoms with Gasteiger partial charge in [-0.2, -0.15) is 5.10 Å². The van der Waals surface area contributed by atoms with Crippen molar-refractivity contribution in [2.75, 3.05) is 7.11 Å². The number of carbonyl (C=O) groups is 1. The van der Waals surface area contributed by atoms with Crippen LogP contribution in [0.5, 0.6) is 5.75 Å². The number of ether oxygens (including phenoxy) is 1. The number of aldehydes is 1. The van der Waals surface area contributed by atoms with Crippen molar-refractivity contribution in [3.63, 3.8) is 0 Å². The molecule has 4 heteroatoms. The van der Waals surface area contributed by atoms with E-state index in [0.717, 1.165) is 12.0 Å². The number of benzene rings is 1. The molecule has 0 aliphatic rings. The monoisotopic (exact) mass is 202 g/mol. The van der Waals surface area contributed by atoms with Crippen molar-refractivity contribution >= 4 is 6.29 Å². The molecule has 1 aromatic carbocycles. The first-order valence-electron chi connectivity index (χ1n) is 4.48. The molecule has 1 heterocycles. The Balaban J connectivity index is 2.52. The van der Waals surface area contributed by atoms with E-state index >= 15 is 0 Å². The van der Waals surface area contributed by atoms with Crippen molar-refractivity contribution < 1.29 is 9.53 Å². The second-order valence-electron chi connectivity index (χ2n) is 3.00. The summed E-state index contributed by atoms with van der Waals surface area (Å²) in [6, 6.07) is 7.04. The highest BCUT2D eigenvalue weighted by molar-refractivity contribution is 5.76. The van der Waals surface area contributed by atoms with Crippen LogP contribution in [0.1, 0.15) is 10.4 Å². The predicted octanol–water partition coefficient (Wildman–Crippen LogP) is 1.69. The second-order valence-corrected chi connectivity index (χ2v) is 3.00. The molecule has 0 unspecified atom stereocenters. The van der Waals surface area contributed by atoms with Crippen molar-refractivity contribution in [2.45, 2.75) is 0 Å². The minimum atomic E-state index is 0.586. The van der Waals surface area contributed by atoms with Crippen LogP contribution in [0, 0.1) is 0 Å². The third-order valence-corrected chi connectivity index (χ3v) is 2.09. The molecule has 4 nitrogen and oxygen atoms in total. The van der Waals surface area contributed by atoms with E-state index in [2.05, 4.69) is 5.10 Å². The number of hydrogen-bond donors (Lipinski definition) is 0. The first-order valence-corrected chi connectivity index (χ1v) is 4.48. The van der Waals surface area contributed by atoms with Crippen LogP contribution in [0.4, 0.5) is 0 Å². The van der Waals surface area contributed by atoms with Gasteiger partial charge in [-0.05, 0) is 24.3 Å². The van der Waals surface area contributed by atoms with Crippen LogP contribution in [0.2, 0.25) is 0 Å². The van der Waals surface area contributed by atoms with E-state index in [1.807, 2.05) is 12.3 Å². The Morgan fingerprint density at radius 2 is 2.33 bits per heavy atom. The highest BCUT2D eigenvalue weighted by atomic mass is 16.5. The standard InChI is InChI=1S/C11H10N2O2/c1-15-11-7-9(8-14)3-4-10(11)13-6-2-5-12-13/h2-8H,1H3. The quantitative estimate of drug-likeness (QED) is 0.711. The average Bonchev–Trinajstić information content (AvgIpc) is 2.81. The van der Waals surface area contributed by atoms with Gasteiger partial charge < -0.3 is 4.74 Å². The molecular formula is C11H10N2O2. The van der Waals surface area contributed by atoms with Crippen molar-refractivity contribution in [2.24, 2.45) is 0 Å². The Labute approximate surface area is 87.1 Å². The minimum absolute atomic E-state index is 0.586. The minimum Gasteiger partial charge on any atom is -0.494 e. The van der Waals surface area contributed by atoms with Gasteiger partial charge in [-0.15, -0.1) is 0 Å². The Kier molecular flexibility index (Phi) is 2.49. The van der Waals surface area contributed by atoms with Gasteiger partial charge in [-0.1, -0.05) is 0 Å². The van der Waals surface area contributed by atoms with E-state index in [1.54, 1.807) is 36.2 Å². The van der Waals surface area contributed by atoms with Gasteiger partial charge in [-0.3, -0.25) is 4.79 Å². The molecule has 0 atom stereocenters. The van der Waals surface area contributed by atoms with Crippen LogP contribution >= 0.6 is 0 Å².